The number of hydrogen-bond acceptors (Lipinski definition) is 3. The molecule has 1 aromatic heterocycles. The second-order valence-corrected chi connectivity index (χ2v) is 6.18. The van der Waals surface area contributed by atoms with Crippen LogP contribution < -0.4 is 5.32 Å². The van der Waals surface area contributed by atoms with E-state index in [-0.39, 0.29) is 17.9 Å². The maximum Gasteiger partial charge on any atom is 0.228 e. The monoisotopic (exact) mass is 294 g/mol. The average Bonchev–Trinajstić information content (AvgIpc) is 2.92. The number of rotatable bonds is 5. The fraction of sp³-hybridized carbons (Fsp3) is 0.600. The number of piperidine rings is 1. The van der Waals surface area contributed by atoms with E-state index in [1.807, 2.05) is 29.3 Å². The van der Waals surface area contributed by atoms with Crippen molar-refractivity contribution in [3.63, 3.8) is 0 Å². The van der Waals surface area contributed by atoms with Gasteiger partial charge in [-0.1, -0.05) is 6.07 Å². The molecular formula is C15H22N2O2S. The fourth-order valence-electron chi connectivity index (χ4n) is 2.69. The number of thiophene rings is 1. The number of nitrogens with zero attached hydrogens (tertiary/aromatic N) is 1. The van der Waals surface area contributed by atoms with Crippen LogP contribution in [0.25, 0.3) is 0 Å². The predicted octanol–water partition coefficient (Wildman–Crippen LogP) is 2.20. The highest BCUT2D eigenvalue weighted by atomic mass is 32.1. The molecule has 4 nitrogen and oxygen atoms in total. The van der Waals surface area contributed by atoms with Crippen molar-refractivity contribution < 1.29 is 9.59 Å². The van der Waals surface area contributed by atoms with Crippen LogP contribution in [0.2, 0.25) is 0 Å². The van der Waals surface area contributed by atoms with Gasteiger partial charge in [0.2, 0.25) is 11.8 Å². The van der Waals surface area contributed by atoms with Crippen LogP contribution in [-0.4, -0.2) is 35.8 Å². The van der Waals surface area contributed by atoms with Crippen LogP contribution in [0.15, 0.2) is 17.5 Å². The second kappa shape index (κ2) is 7.43. The molecule has 0 bridgehead atoms. The van der Waals surface area contributed by atoms with Gasteiger partial charge in [0.15, 0.2) is 0 Å². The van der Waals surface area contributed by atoms with E-state index < -0.39 is 0 Å². The van der Waals surface area contributed by atoms with E-state index in [1.165, 1.54) is 0 Å². The van der Waals surface area contributed by atoms with Crippen LogP contribution >= 0.6 is 11.3 Å². The van der Waals surface area contributed by atoms with Crippen LogP contribution in [0.3, 0.4) is 0 Å². The molecule has 110 valence electrons. The topological polar surface area (TPSA) is 49.4 Å². The first-order valence-corrected chi connectivity index (χ1v) is 8.17. The van der Waals surface area contributed by atoms with Gasteiger partial charge >= 0.3 is 0 Å². The Labute approximate surface area is 124 Å². The fourth-order valence-corrected chi connectivity index (χ4v) is 3.38. The summed E-state index contributed by atoms with van der Waals surface area (Å²) in [6.45, 7) is 3.35. The number of hydrogen-bond donors (Lipinski definition) is 1. The molecule has 1 aliphatic heterocycles. The van der Waals surface area contributed by atoms with Gasteiger partial charge in [0.1, 0.15) is 0 Å². The SMILES string of the molecule is CCNC(=O)C[C@H]1CCCCN1C(=O)Cc1cccs1. The van der Waals surface area contributed by atoms with Gasteiger partial charge in [-0.3, -0.25) is 9.59 Å². The zero-order valence-electron chi connectivity index (χ0n) is 11.9. The summed E-state index contributed by atoms with van der Waals surface area (Å²) in [5, 5.41) is 4.81. The van der Waals surface area contributed by atoms with Crippen molar-refractivity contribution in [2.24, 2.45) is 0 Å². The van der Waals surface area contributed by atoms with Crippen molar-refractivity contribution in [1.82, 2.24) is 10.2 Å². The molecule has 2 amide bonds. The van der Waals surface area contributed by atoms with Crippen molar-refractivity contribution in [1.29, 1.82) is 0 Å². The van der Waals surface area contributed by atoms with Crippen LogP contribution in [0.5, 0.6) is 0 Å². The molecule has 1 N–H and O–H groups in total. The summed E-state index contributed by atoms with van der Waals surface area (Å²) in [4.78, 5) is 27.2. The van der Waals surface area contributed by atoms with Crippen molar-refractivity contribution in [3.8, 4) is 0 Å². The molecule has 1 aliphatic rings. The lowest BCUT2D eigenvalue weighted by atomic mass is 9.98. The summed E-state index contributed by atoms with van der Waals surface area (Å²) in [7, 11) is 0. The summed E-state index contributed by atoms with van der Waals surface area (Å²) < 4.78 is 0. The lowest BCUT2D eigenvalue weighted by Gasteiger charge is -2.35. The summed E-state index contributed by atoms with van der Waals surface area (Å²) in [5.41, 5.74) is 0. The Morgan fingerprint density at radius 1 is 1.45 bits per heavy atom. The summed E-state index contributed by atoms with van der Waals surface area (Å²) >= 11 is 1.61. The highest BCUT2D eigenvalue weighted by Crippen LogP contribution is 2.21. The van der Waals surface area contributed by atoms with E-state index in [2.05, 4.69) is 5.32 Å². The molecule has 5 heteroatoms. The average molecular weight is 294 g/mol. The Bertz CT molecular complexity index is 445. The Morgan fingerprint density at radius 2 is 2.30 bits per heavy atom. The number of likely N-dealkylation sites (tertiary alicyclic amines) is 1. The van der Waals surface area contributed by atoms with Crippen LogP contribution in [0.4, 0.5) is 0 Å². The van der Waals surface area contributed by atoms with Crippen molar-refractivity contribution >= 4 is 23.2 Å². The normalized spacial score (nSPS) is 18.9. The first-order chi connectivity index (χ1) is 9.70. The second-order valence-electron chi connectivity index (χ2n) is 5.15. The smallest absolute Gasteiger partial charge is 0.228 e. The minimum absolute atomic E-state index is 0.0494. The molecule has 0 aromatic carbocycles. The third kappa shape index (κ3) is 4.07. The maximum absolute atomic E-state index is 12.4. The van der Waals surface area contributed by atoms with Crippen LogP contribution in [-0.2, 0) is 16.0 Å². The molecule has 0 spiro atoms. The van der Waals surface area contributed by atoms with Crippen molar-refractivity contribution in [3.05, 3.63) is 22.4 Å². The number of carbonyl (C=O) groups is 2. The van der Waals surface area contributed by atoms with Gasteiger partial charge in [0, 0.05) is 30.4 Å². The van der Waals surface area contributed by atoms with Gasteiger partial charge in [-0.15, -0.1) is 11.3 Å². The van der Waals surface area contributed by atoms with Gasteiger partial charge in [-0.2, -0.15) is 0 Å². The first kappa shape index (κ1) is 15.0. The van der Waals surface area contributed by atoms with Crippen molar-refractivity contribution in [2.45, 2.75) is 45.1 Å². The van der Waals surface area contributed by atoms with E-state index in [4.69, 9.17) is 0 Å². The number of carbonyl (C=O) groups excluding carboxylic acids is 2. The Morgan fingerprint density at radius 3 is 3.00 bits per heavy atom. The van der Waals surface area contributed by atoms with Crippen LogP contribution in [0, 0.1) is 0 Å². The number of nitrogens with one attached hydrogen (secondary N) is 1. The van der Waals surface area contributed by atoms with E-state index in [9.17, 15) is 9.59 Å². The van der Waals surface area contributed by atoms with Gasteiger partial charge in [0.25, 0.3) is 0 Å². The summed E-state index contributed by atoms with van der Waals surface area (Å²) in [6.07, 6.45) is 3.98. The summed E-state index contributed by atoms with van der Waals surface area (Å²) in [5.74, 6) is 0.203. The van der Waals surface area contributed by atoms with Crippen LogP contribution in [0.1, 0.15) is 37.5 Å². The molecule has 2 heterocycles. The standard InChI is InChI=1S/C15H22N2O2S/c1-2-16-14(18)10-12-6-3-4-8-17(12)15(19)11-13-7-5-9-20-13/h5,7,9,12H,2-4,6,8,10-11H2,1H3,(H,16,18)/t12-/m1/s1. The van der Waals surface area contributed by atoms with Gasteiger partial charge in [0.05, 0.1) is 6.42 Å². The molecule has 0 unspecified atom stereocenters. The quantitative estimate of drug-likeness (QED) is 0.905. The molecule has 0 aliphatic carbocycles. The predicted molar refractivity (Wildman–Crippen MR) is 80.7 cm³/mol. The third-order valence-corrected chi connectivity index (χ3v) is 4.52. The van der Waals surface area contributed by atoms with E-state index >= 15 is 0 Å². The minimum Gasteiger partial charge on any atom is -0.356 e. The highest BCUT2D eigenvalue weighted by Gasteiger charge is 2.28. The van der Waals surface area contributed by atoms with Gasteiger partial charge in [-0.05, 0) is 37.6 Å². The van der Waals surface area contributed by atoms with Gasteiger partial charge < -0.3 is 10.2 Å². The molecule has 1 aromatic rings. The molecule has 0 saturated carbocycles. The Hall–Kier alpha value is -1.36. The van der Waals surface area contributed by atoms with E-state index in [0.717, 1.165) is 30.7 Å². The molecule has 0 radical (unpaired) electrons. The Kier molecular flexibility index (Phi) is 5.59. The zero-order valence-corrected chi connectivity index (χ0v) is 12.7. The summed E-state index contributed by atoms with van der Waals surface area (Å²) in [6, 6.07) is 4.03. The van der Waals surface area contributed by atoms with E-state index in [1.54, 1.807) is 11.3 Å². The molecule has 2 rings (SSSR count). The first-order valence-electron chi connectivity index (χ1n) is 7.29. The third-order valence-electron chi connectivity index (χ3n) is 3.65. The lowest BCUT2D eigenvalue weighted by Crippen LogP contribution is -2.46. The highest BCUT2D eigenvalue weighted by molar-refractivity contribution is 7.10. The van der Waals surface area contributed by atoms with Crippen molar-refractivity contribution in [2.75, 3.05) is 13.1 Å². The Balaban J connectivity index is 1.95. The molecular weight excluding hydrogens is 272 g/mol. The molecule has 1 atom stereocenters. The molecule has 1 fully saturated rings. The zero-order chi connectivity index (χ0) is 14.4. The molecule has 1 saturated heterocycles. The minimum atomic E-state index is 0.0494. The number of amides is 2. The lowest BCUT2D eigenvalue weighted by molar-refractivity contribution is -0.135. The largest absolute Gasteiger partial charge is 0.356 e. The maximum atomic E-state index is 12.4. The van der Waals surface area contributed by atoms with E-state index in [0.29, 0.717) is 19.4 Å². The van der Waals surface area contributed by atoms with Gasteiger partial charge in [-0.25, -0.2) is 0 Å². The molecule has 20 heavy (non-hydrogen) atoms.